The zero-order valence-corrected chi connectivity index (χ0v) is 16.9. The Labute approximate surface area is 166 Å². The molecular formula is C18H19BrN2O5S. The van der Waals surface area contributed by atoms with Gasteiger partial charge in [0.05, 0.1) is 29.1 Å². The van der Waals surface area contributed by atoms with E-state index >= 15 is 0 Å². The van der Waals surface area contributed by atoms with Crippen LogP contribution in [0.25, 0.3) is 0 Å². The molecule has 1 fully saturated rings. The van der Waals surface area contributed by atoms with Crippen molar-refractivity contribution in [3.8, 4) is 17.4 Å². The van der Waals surface area contributed by atoms with E-state index in [1.165, 1.54) is 4.31 Å². The summed E-state index contributed by atoms with van der Waals surface area (Å²) in [4.78, 5) is 4.38. The smallest absolute Gasteiger partial charge is 0.243 e. The first kappa shape index (κ1) is 18.5. The lowest BCUT2D eigenvalue weighted by atomic mass is 10.3. The van der Waals surface area contributed by atoms with Crippen LogP contribution in [-0.2, 0) is 10.0 Å². The number of hydrogen-bond donors (Lipinski definition) is 0. The van der Waals surface area contributed by atoms with Crippen LogP contribution in [-0.4, -0.2) is 50.1 Å². The van der Waals surface area contributed by atoms with Crippen molar-refractivity contribution >= 4 is 26.0 Å². The van der Waals surface area contributed by atoms with Gasteiger partial charge in [-0.05, 0) is 46.6 Å². The molecule has 1 saturated heterocycles. The average molecular weight is 455 g/mol. The summed E-state index contributed by atoms with van der Waals surface area (Å²) in [5, 5.41) is 0. The molecule has 144 valence electrons. The van der Waals surface area contributed by atoms with E-state index in [1.54, 1.807) is 30.5 Å². The summed E-state index contributed by atoms with van der Waals surface area (Å²) in [7, 11) is -3.63. The lowest BCUT2D eigenvalue weighted by molar-refractivity contribution is 0.205. The standard InChI is InChI=1S/C18H19BrN2O5S/c19-15-3-1-7-20-18(15)26-13-6-8-21(12-13)27(22,23)14-4-5-16-17(11-14)25-10-2-9-24-16/h1,3-5,7,11,13H,2,6,8-10,12H2. The molecule has 2 aromatic rings. The summed E-state index contributed by atoms with van der Waals surface area (Å²) in [6.45, 7) is 1.74. The maximum Gasteiger partial charge on any atom is 0.243 e. The van der Waals surface area contributed by atoms with Gasteiger partial charge in [0.1, 0.15) is 6.10 Å². The molecule has 0 N–H and O–H groups in total. The van der Waals surface area contributed by atoms with Crippen LogP contribution in [0.15, 0.2) is 45.9 Å². The molecule has 1 aromatic carbocycles. The number of hydrogen-bond acceptors (Lipinski definition) is 6. The number of pyridine rings is 1. The van der Waals surface area contributed by atoms with Crippen molar-refractivity contribution < 1.29 is 22.6 Å². The molecule has 0 bridgehead atoms. The highest BCUT2D eigenvalue weighted by molar-refractivity contribution is 9.10. The molecule has 0 amide bonds. The molecule has 4 rings (SSSR count). The molecule has 0 aliphatic carbocycles. The Morgan fingerprint density at radius 2 is 2.00 bits per heavy atom. The Morgan fingerprint density at radius 1 is 1.19 bits per heavy atom. The number of benzene rings is 1. The molecule has 27 heavy (non-hydrogen) atoms. The van der Waals surface area contributed by atoms with Gasteiger partial charge >= 0.3 is 0 Å². The molecule has 0 spiro atoms. The molecule has 0 saturated carbocycles. The van der Waals surface area contributed by atoms with Crippen LogP contribution in [0.3, 0.4) is 0 Å². The Hall–Kier alpha value is -1.84. The Bertz CT molecular complexity index is 937. The number of rotatable bonds is 4. The van der Waals surface area contributed by atoms with Crippen molar-refractivity contribution in [1.82, 2.24) is 9.29 Å². The summed E-state index contributed by atoms with van der Waals surface area (Å²) >= 11 is 3.39. The second-order valence-corrected chi connectivity index (χ2v) is 9.13. The van der Waals surface area contributed by atoms with Gasteiger partial charge in [0.2, 0.25) is 15.9 Å². The van der Waals surface area contributed by atoms with Crippen molar-refractivity contribution in [2.45, 2.75) is 23.8 Å². The van der Waals surface area contributed by atoms with Gasteiger partial charge in [-0.15, -0.1) is 0 Å². The van der Waals surface area contributed by atoms with E-state index in [0.717, 1.165) is 10.9 Å². The quantitative estimate of drug-likeness (QED) is 0.706. The molecule has 2 aliphatic heterocycles. The van der Waals surface area contributed by atoms with Crippen LogP contribution >= 0.6 is 15.9 Å². The first-order valence-electron chi connectivity index (χ1n) is 8.71. The SMILES string of the molecule is O=S(=O)(c1ccc2c(c1)OCCCO2)N1CCC(Oc2ncccc2Br)C1. The van der Waals surface area contributed by atoms with E-state index < -0.39 is 10.0 Å². The zero-order valence-electron chi connectivity index (χ0n) is 14.5. The second-order valence-electron chi connectivity index (χ2n) is 6.34. The highest BCUT2D eigenvalue weighted by Crippen LogP contribution is 2.34. The minimum absolute atomic E-state index is 0.200. The predicted molar refractivity (Wildman–Crippen MR) is 102 cm³/mol. The molecule has 0 radical (unpaired) electrons. The third-order valence-corrected chi connectivity index (χ3v) is 6.93. The summed E-state index contributed by atoms with van der Waals surface area (Å²) in [6.07, 6.45) is 2.77. The van der Waals surface area contributed by atoms with Gasteiger partial charge in [0, 0.05) is 25.2 Å². The summed E-state index contributed by atoms with van der Waals surface area (Å²) in [5.41, 5.74) is 0. The van der Waals surface area contributed by atoms with Crippen molar-refractivity contribution in [3.63, 3.8) is 0 Å². The van der Waals surface area contributed by atoms with Gasteiger partial charge in [-0.3, -0.25) is 0 Å². The van der Waals surface area contributed by atoms with Crippen molar-refractivity contribution in [2.75, 3.05) is 26.3 Å². The van der Waals surface area contributed by atoms with Crippen LogP contribution < -0.4 is 14.2 Å². The van der Waals surface area contributed by atoms with Crippen LogP contribution in [0.4, 0.5) is 0 Å². The number of sulfonamides is 1. The fraction of sp³-hybridized carbons (Fsp3) is 0.389. The van der Waals surface area contributed by atoms with Gasteiger partial charge in [0.15, 0.2) is 11.5 Å². The predicted octanol–water partition coefficient (Wildman–Crippen LogP) is 2.85. The molecular weight excluding hydrogens is 436 g/mol. The van der Waals surface area contributed by atoms with E-state index in [-0.39, 0.29) is 17.5 Å². The minimum atomic E-state index is -3.63. The Balaban J connectivity index is 1.50. The van der Waals surface area contributed by atoms with Gasteiger partial charge in [0.25, 0.3) is 0 Å². The number of nitrogens with zero attached hydrogens (tertiary/aromatic N) is 2. The fourth-order valence-corrected chi connectivity index (χ4v) is 4.93. The second kappa shape index (κ2) is 7.65. The van der Waals surface area contributed by atoms with Crippen LogP contribution in [0.5, 0.6) is 17.4 Å². The normalized spacial score (nSPS) is 20.3. The molecule has 3 heterocycles. The zero-order chi connectivity index (χ0) is 18.9. The number of ether oxygens (including phenoxy) is 3. The largest absolute Gasteiger partial charge is 0.490 e. The van der Waals surface area contributed by atoms with E-state index in [9.17, 15) is 8.42 Å². The molecule has 9 heteroatoms. The number of aromatic nitrogens is 1. The Morgan fingerprint density at radius 3 is 2.81 bits per heavy atom. The fourth-order valence-electron chi connectivity index (χ4n) is 3.08. The van der Waals surface area contributed by atoms with Crippen LogP contribution in [0.2, 0.25) is 0 Å². The molecule has 2 aliphatic rings. The van der Waals surface area contributed by atoms with E-state index in [1.807, 2.05) is 6.07 Å². The van der Waals surface area contributed by atoms with Gasteiger partial charge in [-0.1, -0.05) is 0 Å². The maximum absolute atomic E-state index is 13.0. The lowest BCUT2D eigenvalue weighted by Crippen LogP contribution is -2.31. The van der Waals surface area contributed by atoms with E-state index in [4.69, 9.17) is 14.2 Å². The molecule has 1 atom stereocenters. The maximum atomic E-state index is 13.0. The summed E-state index contributed by atoms with van der Waals surface area (Å²) in [5.74, 6) is 1.52. The van der Waals surface area contributed by atoms with Gasteiger partial charge < -0.3 is 14.2 Å². The first-order valence-corrected chi connectivity index (χ1v) is 10.9. The third kappa shape index (κ3) is 3.90. The van der Waals surface area contributed by atoms with E-state index in [0.29, 0.717) is 43.6 Å². The lowest BCUT2D eigenvalue weighted by Gasteiger charge is -2.18. The topological polar surface area (TPSA) is 78.0 Å². The number of halogens is 1. The Kier molecular flexibility index (Phi) is 5.25. The van der Waals surface area contributed by atoms with Crippen molar-refractivity contribution in [3.05, 3.63) is 41.0 Å². The molecule has 7 nitrogen and oxygen atoms in total. The molecule has 1 unspecified atom stereocenters. The summed E-state index contributed by atoms with van der Waals surface area (Å²) in [6, 6.07) is 8.39. The highest BCUT2D eigenvalue weighted by Gasteiger charge is 2.34. The van der Waals surface area contributed by atoms with Gasteiger partial charge in [-0.2, -0.15) is 4.31 Å². The van der Waals surface area contributed by atoms with E-state index in [2.05, 4.69) is 20.9 Å². The minimum Gasteiger partial charge on any atom is -0.490 e. The summed E-state index contributed by atoms with van der Waals surface area (Å²) < 4.78 is 45.3. The average Bonchev–Trinajstić information content (AvgIpc) is 3.01. The van der Waals surface area contributed by atoms with Crippen molar-refractivity contribution in [2.24, 2.45) is 0 Å². The van der Waals surface area contributed by atoms with Gasteiger partial charge in [-0.25, -0.2) is 13.4 Å². The van der Waals surface area contributed by atoms with Crippen molar-refractivity contribution in [1.29, 1.82) is 0 Å². The third-order valence-electron chi connectivity index (χ3n) is 4.47. The first-order chi connectivity index (χ1) is 13.0. The molecule has 1 aromatic heterocycles. The van der Waals surface area contributed by atoms with Crippen LogP contribution in [0.1, 0.15) is 12.8 Å². The monoisotopic (exact) mass is 454 g/mol. The highest BCUT2D eigenvalue weighted by atomic mass is 79.9. The number of fused-ring (bicyclic) bond motifs is 1. The van der Waals surface area contributed by atoms with Crippen LogP contribution in [0, 0.1) is 0 Å².